The van der Waals surface area contributed by atoms with Gasteiger partial charge in [-0.1, -0.05) is 30.3 Å². The molecule has 2 aromatic carbocycles. The summed E-state index contributed by atoms with van der Waals surface area (Å²) in [6.07, 6.45) is 3.82. The zero-order valence-corrected chi connectivity index (χ0v) is 15.6. The largest absolute Gasteiger partial charge is 0.338 e. The van der Waals surface area contributed by atoms with E-state index in [4.69, 9.17) is 11.6 Å². The van der Waals surface area contributed by atoms with Gasteiger partial charge in [-0.2, -0.15) is 9.97 Å². The maximum Gasteiger partial charge on any atom is 0.226 e. The van der Waals surface area contributed by atoms with E-state index in [1.54, 1.807) is 18.1 Å². The minimum atomic E-state index is 0.190. The minimum Gasteiger partial charge on any atom is -0.338 e. The Hall–Kier alpha value is -2.57. The van der Waals surface area contributed by atoms with Crippen molar-refractivity contribution < 1.29 is 0 Å². The predicted octanol–water partition coefficient (Wildman–Crippen LogP) is 4.99. The SMILES string of the molecule is CSc1ccc(Nc2nc(Cl)nc3c2ncn3Cc2ccccc2)cc1. The molecule has 0 radical (unpaired) electrons. The first kappa shape index (κ1) is 16.9. The van der Waals surface area contributed by atoms with E-state index in [-0.39, 0.29) is 5.28 Å². The molecular weight excluding hydrogens is 366 g/mol. The average molecular weight is 382 g/mol. The number of hydrogen-bond donors (Lipinski definition) is 1. The molecule has 0 amide bonds. The number of imidazole rings is 1. The van der Waals surface area contributed by atoms with Gasteiger partial charge in [0.15, 0.2) is 17.0 Å². The average Bonchev–Trinajstić information content (AvgIpc) is 3.06. The lowest BCUT2D eigenvalue weighted by Gasteiger charge is -2.08. The van der Waals surface area contributed by atoms with E-state index in [9.17, 15) is 0 Å². The van der Waals surface area contributed by atoms with Crippen LogP contribution in [0, 0.1) is 0 Å². The summed E-state index contributed by atoms with van der Waals surface area (Å²) in [5.41, 5.74) is 3.50. The van der Waals surface area contributed by atoms with Gasteiger partial charge in [0.1, 0.15) is 0 Å². The molecule has 0 spiro atoms. The molecular formula is C19H16ClN5S. The summed E-state index contributed by atoms with van der Waals surface area (Å²) < 4.78 is 1.97. The third-order valence-corrected chi connectivity index (χ3v) is 4.90. The Kier molecular flexibility index (Phi) is 4.77. The second-order valence-electron chi connectivity index (χ2n) is 5.73. The van der Waals surface area contributed by atoms with Crippen LogP contribution in [-0.4, -0.2) is 25.8 Å². The van der Waals surface area contributed by atoms with Crippen LogP contribution < -0.4 is 5.32 Å². The van der Waals surface area contributed by atoms with Crippen LogP contribution in [0.1, 0.15) is 5.56 Å². The van der Waals surface area contributed by atoms with Crippen LogP contribution in [0.2, 0.25) is 5.28 Å². The maximum absolute atomic E-state index is 6.16. The number of hydrogen-bond acceptors (Lipinski definition) is 5. The topological polar surface area (TPSA) is 55.6 Å². The van der Waals surface area contributed by atoms with Gasteiger partial charge in [0.25, 0.3) is 0 Å². The van der Waals surface area contributed by atoms with Crippen LogP contribution in [0.15, 0.2) is 65.8 Å². The number of anilines is 2. The van der Waals surface area contributed by atoms with Gasteiger partial charge in [0.2, 0.25) is 5.28 Å². The third-order valence-electron chi connectivity index (χ3n) is 3.99. The molecule has 0 aliphatic heterocycles. The van der Waals surface area contributed by atoms with Crippen LogP contribution in [0.5, 0.6) is 0 Å². The number of halogens is 1. The highest BCUT2D eigenvalue weighted by atomic mass is 35.5. The Labute approximate surface area is 160 Å². The lowest BCUT2D eigenvalue weighted by atomic mass is 10.2. The molecule has 7 heteroatoms. The molecule has 4 aromatic rings. The molecule has 0 unspecified atom stereocenters. The van der Waals surface area contributed by atoms with Gasteiger partial charge in [-0.05, 0) is 47.7 Å². The van der Waals surface area contributed by atoms with Gasteiger partial charge >= 0.3 is 0 Å². The molecule has 0 fully saturated rings. The molecule has 0 aliphatic rings. The Bertz CT molecular complexity index is 1030. The predicted molar refractivity (Wildman–Crippen MR) is 107 cm³/mol. The smallest absolute Gasteiger partial charge is 0.226 e. The van der Waals surface area contributed by atoms with E-state index in [0.717, 1.165) is 5.69 Å². The summed E-state index contributed by atoms with van der Waals surface area (Å²) in [4.78, 5) is 14.4. The van der Waals surface area contributed by atoms with E-state index in [1.807, 2.05) is 34.9 Å². The quantitative estimate of drug-likeness (QED) is 0.389. The van der Waals surface area contributed by atoms with E-state index in [1.165, 1.54) is 10.5 Å². The van der Waals surface area contributed by atoms with Gasteiger partial charge in [-0.15, -0.1) is 11.8 Å². The molecule has 0 aliphatic carbocycles. The Morgan fingerprint density at radius 3 is 2.54 bits per heavy atom. The summed E-state index contributed by atoms with van der Waals surface area (Å²) in [6.45, 7) is 0.673. The summed E-state index contributed by atoms with van der Waals surface area (Å²) in [7, 11) is 0. The lowest BCUT2D eigenvalue weighted by Crippen LogP contribution is -2.01. The fourth-order valence-electron chi connectivity index (χ4n) is 2.71. The molecule has 4 rings (SSSR count). The van der Waals surface area contributed by atoms with E-state index < -0.39 is 0 Å². The van der Waals surface area contributed by atoms with Crippen LogP contribution in [0.3, 0.4) is 0 Å². The number of thioether (sulfide) groups is 1. The lowest BCUT2D eigenvalue weighted by molar-refractivity contribution is 0.813. The number of rotatable bonds is 5. The van der Waals surface area contributed by atoms with Crippen LogP contribution >= 0.6 is 23.4 Å². The van der Waals surface area contributed by atoms with Crippen molar-refractivity contribution in [2.75, 3.05) is 11.6 Å². The zero-order chi connectivity index (χ0) is 17.9. The molecule has 0 saturated heterocycles. The van der Waals surface area contributed by atoms with Crippen molar-refractivity contribution in [1.82, 2.24) is 19.5 Å². The van der Waals surface area contributed by atoms with Crippen molar-refractivity contribution in [3.8, 4) is 0 Å². The van der Waals surface area contributed by atoms with Crippen molar-refractivity contribution >= 4 is 46.0 Å². The number of nitrogens with one attached hydrogen (secondary N) is 1. The molecule has 5 nitrogen and oxygen atoms in total. The van der Waals surface area contributed by atoms with Gasteiger partial charge in [0.05, 0.1) is 12.9 Å². The Morgan fingerprint density at radius 1 is 1.04 bits per heavy atom. The van der Waals surface area contributed by atoms with Crippen LogP contribution in [0.4, 0.5) is 11.5 Å². The molecule has 0 bridgehead atoms. The minimum absolute atomic E-state index is 0.190. The zero-order valence-electron chi connectivity index (χ0n) is 14.1. The monoisotopic (exact) mass is 381 g/mol. The molecule has 26 heavy (non-hydrogen) atoms. The summed E-state index contributed by atoms with van der Waals surface area (Å²) in [6, 6.07) is 18.3. The Balaban J connectivity index is 1.69. The standard InChI is InChI=1S/C19H16ClN5S/c1-26-15-9-7-14(8-10-15)22-17-16-18(24-19(20)23-17)25(12-21-16)11-13-5-3-2-4-6-13/h2-10,12H,11H2,1H3,(H,22,23,24). The van der Waals surface area contributed by atoms with E-state index >= 15 is 0 Å². The first-order valence-corrected chi connectivity index (χ1v) is 9.66. The number of benzene rings is 2. The van der Waals surface area contributed by atoms with Crippen molar-refractivity contribution in [3.63, 3.8) is 0 Å². The number of fused-ring (bicyclic) bond motifs is 1. The summed E-state index contributed by atoms with van der Waals surface area (Å²) in [5.74, 6) is 0.601. The highest BCUT2D eigenvalue weighted by molar-refractivity contribution is 7.98. The first-order valence-electron chi connectivity index (χ1n) is 8.06. The highest BCUT2D eigenvalue weighted by Crippen LogP contribution is 2.26. The van der Waals surface area contributed by atoms with Crippen LogP contribution in [0.25, 0.3) is 11.2 Å². The van der Waals surface area contributed by atoms with Gasteiger partial charge in [-0.3, -0.25) is 0 Å². The second kappa shape index (κ2) is 7.35. The molecule has 2 heterocycles. The normalized spacial score (nSPS) is 11.0. The van der Waals surface area contributed by atoms with Gasteiger partial charge in [-0.25, -0.2) is 4.98 Å². The van der Waals surface area contributed by atoms with Crippen molar-refractivity contribution in [2.45, 2.75) is 11.4 Å². The maximum atomic E-state index is 6.16. The van der Waals surface area contributed by atoms with Gasteiger partial charge in [0, 0.05) is 10.6 Å². The molecule has 1 N–H and O–H groups in total. The van der Waals surface area contributed by atoms with Crippen molar-refractivity contribution in [1.29, 1.82) is 0 Å². The van der Waals surface area contributed by atoms with E-state index in [2.05, 4.69) is 50.8 Å². The van der Waals surface area contributed by atoms with Crippen molar-refractivity contribution in [3.05, 3.63) is 71.8 Å². The third kappa shape index (κ3) is 3.52. The number of nitrogens with zero attached hydrogens (tertiary/aromatic N) is 4. The fraction of sp³-hybridized carbons (Fsp3) is 0.105. The van der Waals surface area contributed by atoms with E-state index in [0.29, 0.717) is 23.5 Å². The summed E-state index contributed by atoms with van der Waals surface area (Å²) in [5, 5.41) is 3.49. The first-order chi connectivity index (χ1) is 12.7. The van der Waals surface area contributed by atoms with Crippen molar-refractivity contribution in [2.24, 2.45) is 0 Å². The number of aromatic nitrogens is 4. The molecule has 0 saturated carbocycles. The van der Waals surface area contributed by atoms with Crippen LogP contribution in [-0.2, 0) is 6.54 Å². The highest BCUT2D eigenvalue weighted by Gasteiger charge is 2.13. The molecule has 2 aromatic heterocycles. The molecule has 0 atom stereocenters. The summed E-state index contributed by atoms with van der Waals surface area (Å²) >= 11 is 7.87. The second-order valence-corrected chi connectivity index (χ2v) is 6.94. The fourth-order valence-corrected chi connectivity index (χ4v) is 3.28. The molecule has 130 valence electrons. The Morgan fingerprint density at radius 2 is 1.81 bits per heavy atom. The van der Waals surface area contributed by atoms with Gasteiger partial charge < -0.3 is 9.88 Å².